The van der Waals surface area contributed by atoms with Crippen LogP contribution in [-0.4, -0.2) is 25.6 Å². The largest absolute Gasteiger partial charge is 0.325 e. The first-order valence-electron chi connectivity index (χ1n) is 6.57. The van der Waals surface area contributed by atoms with Crippen molar-refractivity contribution in [3.8, 4) is 0 Å². The lowest BCUT2D eigenvalue weighted by molar-refractivity contribution is -0.116. The van der Waals surface area contributed by atoms with Crippen LogP contribution in [-0.2, 0) is 14.8 Å². The Morgan fingerprint density at radius 3 is 2.80 bits per heavy atom. The van der Waals surface area contributed by atoms with Crippen molar-refractivity contribution in [3.63, 3.8) is 0 Å². The molecule has 1 aliphatic heterocycles. The maximum absolute atomic E-state index is 12.2. The van der Waals surface area contributed by atoms with Crippen molar-refractivity contribution in [1.82, 2.24) is 4.72 Å². The average Bonchev–Trinajstić information content (AvgIpc) is 3.14. The SMILES string of the molecule is CC1CC(=O)Nc2cc(S(=O)(=O)NC3CC3)ccc2S1. The highest BCUT2D eigenvalue weighted by Gasteiger charge is 2.29. The number of sulfonamides is 1. The van der Waals surface area contributed by atoms with E-state index in [1.807, 2.05) is 6.92 Å². The van der Waals surface area contributed by atoms with Crippen LogP contribution in [0.2, 0.25) is 0 Å². The van der Waals surface area contributed by atoms with Gasteiger partial charge in [0.2, 0.25) is 15.9 Å². The van der Waals surface area contributed by atoms with Gasteiger partial charge in [-0.15, -0.1) is 11.8 Å². The van der Waals surface area contributed by atoms with Gasteiger partial charge in [-0.05, 0) is 31.0 Å². The molecule has 1 atom stereocenters. The van der Waals surface area contributed by atoms with Crippen LogP contribution >= 0.6 is 11.8 Å². The number of thioether (sulfide) groups is 1. The molecular weight excluding hydrogens is 296 g/mol. The Morgan fingerprint density at radius 1 is 1.35 bits per heavy atom. The van der Waals surface area contributed by atoms with Crippen molar-refractivity contribution in [2.45, 2.75) is 47.3 Å². The normalized spacial score (nSPS) is 22.9. The zero-order valence-corrected chi connectivity index (χ0v) is 12.7. The fourth-order valence-electron chi connectivity index (χ4n) is 2.09. The lowest BCUT2D eigenvalue weighted by atomic mass is 10.3. The zero-order valence-electron chi connectivity index (χ0n) is 11.0. The van der Waals surface area contributed by atoms with Crippen LogP contribution < -0.4 is 10.0 Å². The number of carbonyl (C=O) groups excluding carboxylic acids is 1. The summed E-state index contributed by atoms with van der Waals surface area (Å²) < 4.78 is 27.0. The lowest BCUT2D eigenvalue weighted by Crippen LogP contribution is -2.25. The molecule has 1 aliphatic carbocycles. The third-order valence-electron chi connectivity index (χ3n) is 3.24. The third-order valence-corrected chi connectivity index (χ3v) is 5.93. The van der Waals surface area contributed by atoms with E-state index in [9.17, 15) is 13.2 Å². The fraction of sp³-hybridized carbons (Fsp3) is 0.462. The van der Waals surface area contributed by atoms with E-state index < -0.39 is 10.0 Å². The second-order valence-electron chi connectivity index (χ2n) is 5.23. The molecule has 1 saturated carbocycles. The van der Waals surface area contributed by atoms with E-state index in [0.717, 1.165) is 17.7 Å². The highest BCUT2D eigenvalue weighted by molar-refractivity contribution is 8.00. The van der Waals surface area contributed by atoms with Crippen LogP contribution in [0.15, 0.2) is 28.0 Å². The van der Waals surface area contributed by atoms with E-state index in [1.54, 1.807) is 30.0 Å². The first-order valence-corrected chi connectivity index (χ1v) is 8.93. The molecule has 2 aliphatic rings. The van der Waals surface area contributed by atoms with Crippen LogP contribution in [0.3, 0.4) is 0 Å². The maximum Gasteiger partial charge on any atom is 0.240 e. The molecule has 0 radical (unpaired) electrons. The second-order valence-corrected chi connectivity index (χ2v) is 8.43. The predicted molar refractivity (Wildman–Crippen MR) is 78.4 cm³/mol. The van der Waals surface area contributed by atoms with Gasteiger partial charge in [-0.25, -0.2) is 13.1 Å². The first-order chi connectivity index (χ1) is 9.44. The van der Waals surface area contributed by atoms with E-state index in [4.69, 9.17) is 0 Å². The van der Waals surface area contributed by atoms with Crippen LogP contribution in [0.5, 0.6) is 0 Å². The molecule has 108 valence electrons. The van der Waals surface area contributed by atoms with Gasteiger partial charge in [-0.1, -0.05) is 6.92 Å². The van der Waals surface area contributed by atoms with Gasteiger partial charge in [0, 0.05) is 22.6 Å². The third kappa shape index (κ3) is 2.99. The van der Waals surface area contributed by atoms with Crippen LogP contribution in [0.4, 0.5) is 5.69 Å². The van der Waals surface area contributed by atoms with Gasteiger partial charge in [0.05, 0.1) is 10.6 Å². The number of anilines is 1. The molecule has 1 heterocycles. The standard InChI is InChI=1S/C13H16N2O3S2/c1-8-6-13(16)14-11-7-10(4-5-12(11)19-8)20(17,18)15-9-2-3-9/h4-5,7-9,15H,2-3,6H2,1H3,(H,14,16). The summed E-state index contributed by atoms with van der Waals surface area (Å²) in [6.07, 6.45) is 2.23. The molecular formula is C13H16N2O3S2. The average molecular weight is 312 g/mol. The molecule has 0 aromatic heterocycles. The summed E-state index contributed by atoms with van der Waals surface area (Å²) in [4.78, 5) is 12.8. The van der Waals surface area contributed by atoms with Gasteiger partial charge in [-0.2, -0.15) is 0 Å². The molecule has 0 bridgehead atoms. The van der Waals surface area contributed by atoms with E-state index in [1.165, 1.54) is 0 Å². The topological polar surface area (TPSA) is 75.3 Å². The number of carbonyl (C=O) groups is 1. The number of fused-ring (bicyclic) bond motifs is 1. The summed E-state index contributed by atoms with van der Waals surface area (Å²) >= 11 is 1.58. The Bertz CT molecular complexity index is 654. The molecule has 1 fully saturated rings. The fourth-order valence-corrected chi connectivity index (χ4v) is 4.47. The van der Waals surface area contributed by atoms with Crippen molar-refractivity contribution in [3.05, 3.63) is 18.2 Å². The van der Waals surface area contributed by atoms with E-state index >= 15 is 0 Å². The summed E-state index contributed by atoms with van der Waals surface area (Å²) in [5.74, 6) is -0.0755. The molecule has 1 amide bonds. The summed E-state index contributed by atoms with van der Waals surface area (Å²) in [6, 6.07) is 4.98. The smallest absolute Gasteiger partial charge is 0.240 e. The molecule has 1 unspecified atom stereocenters. The molecule has 2 N–H and O–H groups in total. The molecule has 0 saturated heterocycles. The molecule has 1 aromatic carbocycles. The number of benzene rings is 1. The number of hydrogen-bond donors (Lipinski definition) is 2. The Kier molecular flexibility index (Phi) is 3.51. The number of rotatable bonds is 3. The molecule has 20 heavy (non-hydrogen) atoms. The zero-order chi connectivity index (χ0) is 14.3. The maximum atomic E-state index is 12.2. The van der Waals surface area contributed by atoms with Gasteiger partial charge in [-0.3, -0.25) is 4.79 Å². The quantitative estimate of drug-likeness (QED) is 0.894. The minimum Gasteiger partial charge on any atom is -0.325 e. The molecule has 3 rings (SSSR count). The van der Waals surface area contributed by atoms with Crippen LogP contribution in [0.25, 0.3) is 0 Å². The van der Waals surface area contributed by atoms with E-state index in [0.29, 0.717) is 12.1 Å². The van der Waals surface area contributed by atoms with Gasteiger partial charge < -0.3 is 5.32 Å². The van der Waals surface area contributed by atoms with Crippen LogP contribution in [0, 0.1) is 0 Å². The number of hydrogen-bond acceptors (Lipinski definition) is 4. The summed E-state index contributed by atoms with van der Waals surface area (Å²) in [7, 11) is -3.48. The monoisotopic (exact) mass is 312 g/mol. The number of nitrogens with one attached hydrogen (secondary N) is 2. The molecule has 5 nitrogen and oxygen atoms in total. The Hall–Kier alpha value is -1.05. The predicted octanol–water partition coefficient (Wildman–Crippen LogP) is 1.95. The Balaban J connectivity index is 1.93. The van der Waals surface area contributed by atoms with Gasteiger partial charge >= 0.3 is 0 Å². The van der Waals surface area contributed by atoms with Crippen molar-refractivity contribution in [1.29, 1.82) is 0 Å². The highest BCUT2D eigenvalue weighted by atomic mass is 32.2. The van der Waals surface area contributed by atoms with Crippen LogP contribution in [0.1, 0.15) is 26.2 Å². The highest BCUT2D eigenvalue weighted by Crippen LogP contribution is 2.36. The Morgan fingerprint density at radius 2 is 2.10 bits per heavy atom. The van der Waals surface area contributed by atoms with Crippen molar-refractivity contribution in [2.24, 2.45) is 0 Å². The minimum atomic E-state index is -3.48. The Labute approximate surface area is 122 Å². The van der Waals surface area contributed by atoms with E-state index in [2.05, 4.69) is 10.0 Å². The van der Waals surface area contributed by atoms with Gasteiger partial charge in [0.25, 0.3) is 0 Å². The number of amides is 1. The molecule has 1 aromatic rings. The molecule has 7 heteroatoms. The van der Waals surface area contributed by atoms with Crippen molar-refractivity contribution < 1.29 is 13.2 Å². The minimum absolute atomic E-state index is 0.0720. The van der Waals surface area contributed by atoms with Crippen molar-refractivity contribution >= 4 is 33.4 Å². The van der Waals surface area contributed by atoms with Crippen molar-refractivity contribution in [2.75, 3.05) is 5.32 Å². The summed E-state index contributed by atoms with van der Waals surface area (Å²) in [5, 5.41) is 2.97. The summed E-state index contributed by atoms with van der Waals surface area (Å²) in [5.41, 5.74) is 0.586. The molecule has 0 spiro atoms. The van der Waals surface area contributed by atoms with Gasteiger partial charge in [0.15, 0.2) is 0 Å². The van der Waals surface area contributed by atoms with Gasteiger partial charge in [0.1, 0.15) is 0 Å². The lowest BCUT2D eigenvalue weighted by Gasteiger charge is -2.10. The second kappa shape index (κ2) is 5.05. The van der Waals surface area contributed by atoms with E-state index in [-0.39, 0.29) is 22.1 Å². The summed E-state index contributed by atoms with van der Waals surface area (Å²) in [6.45, 7) is 1.98. The first kappa shape index (κ1) is 13.9.